The summed E-state index contributed by atoms with van der Waals surface area (Å²) in [6.45, 7) is 2.19. The molecule has 2 aromatic heterocycles. The van der Waals surface area contributed by atoms with E-state index in [-0.39, 0.29) is 0 Å². The molecule has 0 radical (unpaired) electrons. The number of nitrogens with zero attached hydrogens (tertiary/aromatic N) is 2. The van der Waals surface area contributed by atoms with Crippen LogP contribution in [0.15, 0.2) is 245 Å². The molecular formula is C65H42N2O2. The molecule has 0 spiro atoms. The minimum atomic E-state index is 0.823. The molecule has 0 bridgehead atoms. The van der Waals surface area contributed by atoms with E-state index in [1.165, 1.54) is 27.1 Å². The molecule has 4 heteroatoms. The predicted molar refractivity (Wildman–Crippen MR) is 290 cm³/mol. The van der Waals surface area contributed by atoms with Crippen molar-refractivity contribution >= 4 is 110 Å². The maximum Gasteiger partial charge on any atom is 0.159 e. The van der Waals surface area contributed by atoms with Gasteiger partial charge in [0.15, 0.2) is 11.2 Å². The number of benzene rings is 12. The molecule has 14 rings (SSSR count). The largest absolute Gasteiger partial charge is 0.453 e. The highest BCUT2D eigenvalue weighted by Crippen LogP contribution is 2.53. The Morgan fingerprint density at radius 1 is 0.290 bits per heavy atom. The molecule has 324 valence electrons. The molecule has 0 amide bonds. The lowest BCUT2D eigenvalue weighted by Gasteiger charge is -2.32. The second-order valence-corrected chi connectivity index (χ2v) is 18.1. The van der Waals surface area contributed by atoms with Crippen molar-refractivity contribution < 1.29 is 8.83 Å². The zero-order valence-corrected chi connectivity index (χ0v) is 37.7. The zero-order chi connectivity index (χ0) is 45.6. The molecule has 14 aromatic rings. The van der Waals surface area contributed by atoms with Crippen LogP contribution in [0.4, 0.5) is 34.1 Å². The molecule has 0 saturated heterocycles. The lowest BCUT2D eigenvalue weighted by Crippen LogP contribution is -2.15. The average Bonchev–Trinajstić information content (AvgIpc) is 3.99. The predicted octanol–water partition coefficient (Wildman–Crippen LogP) is 19.0. The van der Waals surface area contributed by atoms with E-state index in [0.717, 1.165) is 111 Å². The van der Waals surface area contributed by atoms with Crippen LogP contribution >= 0.6 is 0 Å². The number of furan rings is 2. The van der Waals surface area contributed by atoms with Crippen molar-refractivity contribution in [3.63, 3.8) is 0 Å². The van der Waals surface area contributed by atoms with Crippen LogP contribution < -0.4 is 9.80 Å². The van der Waals surface area contributed by atoms with Gasteiger partial charge in [-0.1, -0.05) is 194 Å². The van der Waals surface area contributed by atoms with E-state index >= 15 is 0 Å². The first kappa shape index (κ1) is 39.1. The van der Waals surface area contributed by atoms with Gasteiger partial charge < -0.3 is 18.6 Å². The number of aryl methyl sites for hydroxylation is 1. The van der Waals surface area contributed by atoms with Crippen LogP contribution in [-0.4, -0.2) is 0 Å². The van der Waals surface area contributed by atoms with Crippen LogP contribution in [0.3, 0.4) is 0 Å². The maximum absolute atomic E-state index is 7.20. The maximum atomic E-state index is 7.20. The number of hydrogen-bond donors (Lipinski definition) is 0. The summed E-state index contributed by atoms with van der Waals surface area (Å²) in [5.74, 6) is 0. The smallest absolute Gasteiger partial charge is 0.159 e. The highest BCUT2D eigenvalue weighted by molar-refractivity contribution is 6.30. The quantitative estimate of drug-likeness (QED) is 0.142. The average molecular weight is 883 g/mol. The van der Waals surface area contributed by atoms with Crippen LogP contribution in [-0.2, 0) is 0 Å². The van der Waals surface area contributed by atoms with Crippen LogP contribution in [0.1, 0.15) is 5.56 Å². The van der Waals surface area contributed by atoms with Crippen molar-refractivity contribution in [3.05, 3.63) is 242 Å². The molecule has 0 unspecified atom stereocenters. The number of anilines is 6. The van der Waals surface area contributed by atoms with Gasteiger partial charge in [0, 0.05) is 60.2 Å². The first-order valence-electron chi connectivity index (χ1n) is 23.6. The lowest BCUT2D eigenvalue weighted by atomic mass is 9.90. The highest BCUT2D eigenvalue weighted by atomic mass is 16.3. The van der Waals surface area contributed by atoms with Gasteiger partial charge in [-0.05, 0) is 82.2 Å². The highest BCUT2D eigenvalue weighted by Gasteiger charge is 2.28. The Hall–Kier alpha value is -9.12. The lowest BCUT2D eigenvalue weighted by molar-refractivity contribution is 0.670. The van der Waals surface area contributed by atoms with Crippen LogP contribution in [0.5, 0.6) is 0 Å². The van der Waals surface area contributed by atoms with Crippen molar-refractivity contribution in [2.75, 3.05) is 9.80 Å². The van der Waals surface area contributed by atoms with E-state index in [4.69, 9.17) is 8.83 Å². The summed E-state index contributed by atoms with van der Waals surface area (Å²) in [7, 11) is 0. The van der Waals surface area contributed by atoms with E-state index < -0.39 is 0 Å². The van der Waals surface area contributed by atoms with Gasteiger partial charge >= 0.3 is 0 Å². The third kappa shape index (κ3) is 6.09. The molecule has 0 atom stereocenters. The molecule has 2 heterocycles. The van der Waals surface area contributed by atoms with E-state index in [1.54, 1.807) is 0 Å². The van der Waals surface area contributed by atoms with Gasteiger partial charge in [-0.25, -0.2) is 0 Å². The third-order valence-electron chi connectivity index (χ3n) is 14.0. The Bertz CT molecular complexity index is 3980. The molecule has 69 heavy (non-hydrogen) atoms. The number of hydrogen-bond acceptors (Lipinski definition) is 4. The second kappa shape index (κ2) is 15.5. The van der Waals surface area contributed by atoms with Crippen LogP contribution in [0.25, 0.3) is 98.4 Å². The Balaban J connectivity index is 1.10. The van der Waals surface area contributed by atoms with Gasteiger partial charge in [0.1, 0.15) is 11.2 Å². The molecule has 12 aromatic carbocycles. The fourth-order valence-corrected chi connectivity index (χ4v) is 11.0. The molecule has 0 saturated carbocycles. The van der Waals surface area contributed by atoms with Crippen molar-refractivity contribution in [3.8, 4) is 22.3 Å². The van der Waals surface area contributed by atoms with E-state index in [1.807, 2.05) is 0 Å². The first-order chi connectivity index (χ1) is 34.2. The zero-order valence-electron chi connectivity index (χ0n) is 37.7. The Morgan fingerprint density at radius 3 is 1.12 bits per heavy atom. The van der Waals surface area contributed by atoms with Gasteiger partial charge in [0.25, 0.3) is 0 Å². The van der Waals surface area contributed by atoms with E-state index in [2.05, 4.69) is 253 Å². The minimum Gasteiger partial charge on any atom is -0.453 e. The standard InChI is InChI=1S/C65H42N2O2/c1-41-38-44-34-36-54-58(66(46-22-10-4-11-23-46)56-32-16-30-52-50-28-14-26-48(62(50)68-64(52)56)42-18-6-2-7-19-42)40-59(55-37-35-45(39-41)60(44)61(54)55)67(47-24-12-5-13-25-47)57-33-17-31-53-51-29-15-27-49(63(51)69-65(53)57)43-20-8-3-9-21-43/h2-40H,1H3. The molecule has 0 N–H and O–H groups in total. The monoisotopic (exact) mass is 882 g/mol. The summed E-state index contributed by atoms with van der Waals surface area (Å²) in [5, 5.41) is 11.4. The topological polar surface area (TPSA) is 32.8 Å². The second-order valence-electron chi connectivity index (χ2n) is 18.1. The molecule has 0 fully saturated rings. The van der Waals surface area contributed by atoms with Gasteiger partial charge in [-0.2, -0.15) is 0 Å². The van der Waals surface area contributed by atoms with Crippen molar-refractivity contribution in [1.82, 2.24) is 0 Å². The van der Waals surface area contributed by atoms with Crippen molar-refractivity contribution in [2.45, 2.75) is 6.92 Å². The fraction of sp³-hybridized carbons (Fsp3) is 0.0154. The van der Waals surface area contributed by atoms with E-state index in [0.29, 0.717) is 0 Å². The minimum absolute atomic E-state index is 0.823. The van der Waals surface area contributed by atoms with E-state index in [9.17, 15) is 0 Å². The molecule has 0 aliphatic rings. The number of fused-ring (bicyclic) bond motifs is 6. The normalized spacial score (nSPS) is 11.8. The number of rotatable bonds is 8. The molecule has 0 aliphatic carbocycles. The summed E-state index contributed by atoms with van der Waals surface area (Å²) in [4.78, 5) is 4.81. The molecular weight excluding hydrogens is 841 g/mol. The van der Waals surface area contributed by atoms with Crippen LogP contribution in [0, 0.1) is 6.92 Å². The van der Waals surface area contributed by atoms with Gasteiger partial charge in [-0.15, -0.1) is 0 Å². The van der Waals surface area contributed by atoms with Crippen molar-refractivity contribution in [1.29, 1.82) is 0 Å². The summed E-state index contributed by atoms with van der Waals surface area (Å²) in [6.07, 6.45) is 0. The van der Waals surface area contributed by atoms with Gasteiger partial charge in [0.2, 0.25) is 0 Å². The summed E-state index contributed by atoms with van der Waals surface area (Å²) in [6, 6.07) is 84.9. The number of para-hydroxylation sites is 6. The van der Waals surface area contributed by atoms with Gasteiger partial charge in [-0.3, -0.25) is 0 Å². The Kier molecular flexibility index (Phi) is 8.77. The Morgan fingerprint density at radius 2 is 0.681 bits per heavy atom. The fourth-order valence-electron chi connectivity index (χ4n) is 11.0. The third-order valence-corrected chi connectivity index (χ3v) is 14.0. The summed E-state index contributed by atoms with van der Waals surface area (Å²) in [5.41, 5.74) is 15.0. The van der Waals surface area contributed by atoms with Crippen LogP contribution in [0.2, 0.25) is 0 Å². The van der Waals surface area contributed by atoms with Gasteiger partial charge in [0.05, 0.1) is 22.7 Å². The Labute approximate surface area is 398 Å². The molecule has 4 nitrogen and oxygen atoms in total. The SMILES string of the molecule is Cc1cc2ccc3c(N(c4ccccc4)c4cccc5c4oc4c(-c6ccccc6)cccc45)cc(N(c4ccccc4)c4cccc5c4oc4c(-c6ccccc6)cccc45)c4ccc(c1)c2c34. The van der Waals surface area contributed by atoms with Crippen molar-refractivity contribution in [2.24, 2.45) is 0 Å². The first-order valence-corrected chi connectivity index (χ1v) is 23.6. The summed E-state index contributed by atoms with van der Waals surface area (Å²) < 4.78 is 14.4. The summed E-state index contributed by atoms with van der Waals surface area (Å²) >= 11 is 0. The molecule has 0 aliphatic heterocycles.